The molecule has 1 saturated carbocycles. The third kappa shape index (κ3) is 5.50. The summed E-state index contributed by atoms with van der Waals surface area (Å²) < 4.78 is 29.0. The van der Waals surface area contributed by atoms with Gasteiger partial charge in [0.15, 0.2) is 0 Å². The molecular weight excluding hydrogens is 484 g/mol. The van der Waals surface area contributed by atoms with Crippen LogP contribution in [0.2, 0.25) is 0 Å². The summed E-state index contributed by atoms with van der Waals surface area (Å²) in [5.41, 5.74) is -0.415. The molecule has 36 heavy (non-hydrogen) atoms. The van der Waals surface area contributed by atoms with Crippen LogP contribution in [0.3, 0.4) is 0 Å². The number of likely N-dealkylation sites (tertiary alicyclic amines) is 1. The monoisotopic (exact) mass is 522 g/mol. The predicted octanol–water partition coefficient (Wildman–Crippen LogP) is 0.847. The smallest absolute Gasteiger partial charge is 0.248 e. The molecule has 3 atom stereocenters. The van der Waals surface area contributed by atoms with E-state index in [1.165, 1.54) is 4.90 Å². The van der Waals surface area contributed by atoms with E-state index in [2.05, 4.69) is 20.4 Å². The molecule has 1 aromatic heterocycles. The standard InChI is InChI=1S/C24H38N6O5S/c1-22(2,3)19(30-13-17(26-28-30)15-7-8-15)21(33)29-12-16(31)11-18(29)20(32)25-14-24(9-10-24)36(34,35)27-23(4,5)6/h7-8,13,15-16,18-19,27,31H,9-12,14H2,1-6H3,(H,25,32)/t16-,18+,19-/m1/s1. The number of aromatic nitrogens is 3. The first kappa shape index (κ1) is 26.7. The molecule has 2 fully saturated rings. The zero-order chi connectivity index (χ0) is 26.7. The highest BCUT2D eigenvalue weighted by Crippen LogP contribution is 2.43. The molecule has 2 aliphatic carbocycles. The SMILES string of the molecule is CC(C)(C)NS(=O)(=O)C1(CNC(=O)[C@@H]2C[C@@H](O)CN2C(=O)[C@@H](n2cc(C3C=C3)nn2)C(C)(C)C)CC1. The molecule has 1 saturated heterocycles. The summed E-state index contributed by atoms with van der Waals surface area (Å²) in [6.45, 7) is 11.0. The van der Waals surface area contributed by atoms with Gasteiger partial charge in [0, 0.05) is 31.0 Å². The van der Waals surface area contributed by atoms with Gasteiger partial charge in [-0.2, -0.15) is 0 Å². The molecule has 0 spiro atoms. The Balaban J connectivity index is 1.49. The molecule has 0 unspecified atom stereocenters. The van der Waals surface area contributed by atoms with Crippen molar-refractivity contribution in [2.75, 3.05) is 13.1 Å². The minimum atomic E-state index is -3.65. The fourth-order valence-corrected chi connectivity index (χ4v) is 6.65. The Kier molecular flexibility index (Phi) is 6.62. The quantitative estimate of drug-likeness (QED) is 0.429. The highest BCUT2D eigenvalue weighted by Gasteiger charge is 2.56. The van der Waals surface area contributed by atoms with Gasteiger partial charge in [0.1, 0.15) is 16.8 Å². The second kappa shape index (κ2) is 8.91. The molecule has 0 radical (unpaired) electrons. The van der Waals surface area contributed by atoms with E-state index in [-0.39, 0.29) is 31.3 Å². The lowest BCUT2D eigenvalue weighted by Crippen LogP contribution is -2.54. The van der Waals surface area contributed by atoms with Gasteiger partial charge in [-0.15, -0.1) is 5.10 Å². The Morgan fingerprint density at radius 2 is 1.83 bits per heavy atom. The Morgan fingerprint density at radius 1 is 1.19 bits per heavy atom. The van der Waals surface area contributed by atoms with Crippen LogP contribution in [-0.2, 0) is 19.6 Å². The summed E-state index contributed by atoms with van der Waals surface area (Å²) in [6, 6.07) is -1.64. The maximum Gasteiger partial charge on any atom is 0.248 e. The van der Waals surface area contributed by atoms with Crippen LogP contribution in [0.15, 0.2) is 18.3 Å². The van der Waals surface area contributed by atoms with E-state index >= 15 is 0 Å². The number of nitrogens with zero attached hydrogens (tertiary/aromatic N) is 4. The minimum absolute atomic E-state index is 0.0181. The third-order valence-electron chi connectivity index (χ3n) is 6.84. The van der Waals surface area contributed by atoms with E-state index in [4.69, 9.17) is 0 Å². The summed E-state index contributed by atoms with van der Waals surface area (Å²) in [6.07, 6.45) is 5.87. The maximum absolute atomic E-state index is 13.8. The predicted molar refractivity (Wildman–Crippen MR) is 133 cm³/mol. The molecule has 3 aliphatic rings. The first-order valence-electron chi connectivity index (χ1n) is 12.4. The Bertz CT molecular complexity index is 1150. The first-order valence-corrected chi connectivity index (χ1v) is 13.9. The summed E-state index contributed by atoms with van der Waals surface area (Å²) in [7, 11) is -3.65. The average Bonchev–Trinajstić information content (AvgIpc) is 3.64. The number of carbonyl (C=O) groups excluding carboxylic acids is 2. The van der Waals surface area contributed by atoms with Crippen molar-refractivity contribution in [2.24, 2.45) is 5.41 Å². The van der Waals surface area contributed by atoms with Crippen molar-refractivity contribution in [3.63, 3.8) is 0 Å². The summed E-state index contributed by atoms with van der Waals surface area (Å²) in [5, 5.41) is 21.5. The molecule has 200 valence electrons. The number of amides is 2. The fraction of sp³-hybridized carbons (Fsp3) is 0.750. The second-order valence-corrected chi connectivity index (χ2v) is 14.5. The number of β-amino-alcohol motifs (C(OH)–C–C–N with tert-alkyl or cyclic N) is 1. The molecule has 12 heteroatoms. The van der Waals surface area contributed by atoms with Crippen molar-refractivity contribution in [3.8, 4) is 0 Å². The Hall–Kier alpha value is -2.31. The van der Waals surface area contributed by atoms with Crippen LogP contribution in [0.4, 0.5) is 0 Å². The third-order valence-corrected chi connectivity index (χ3v) is 9.41. The fourth-order valence-electron chi connectivity index (χ4n) is 4.72. The molecule has 4 rings (SSSR count). The van der Waals surface area contributed by atoms with Crippen molar-refractivity contribution in [3.05, 3.63) is 24.0 Å². The molecule has 11 nitrogen and oxygen atoms in total. The van der Waals surface area contributed by atoms with Gasteiger partial charge >= 0.3 is 0 Å². The lowest BCUT2D eigenvalue weighted by atomic mass is 9.85. The number of allylic oxidation sites excluding steroid dienone is 2. The van der Waals surface area contributed by atoms with Crippen molar-refractivity contribution < 1.29 is 23.1 Å². The van der Waals surface area contributed by atoms with Crippen LogP contribution >= 0.6 is 0 Å². The van der Waals surface area contributed by atoms with Crippen LogP contribution in [0.1, 0.15) is 78.5 Å². The lowest BCUT2D eigenvalue weighted by Gasteiger charge is -2.34. The van der Waals surface area contributed by atoms with Crippen molar-refractivity contribution in [1.82, 2.24) is 29.9 Å². The highest BCUT2D eigenvalue weighted by molar-refractivity contribution is 7.91. The van der Waals surface area contributed by atoms with E-state index < -0.39 is 49.8 Å². The molecule has 3 N–H and O–H groups in total. The number of rotatable bonds is 8. The number of aliphatic hydroxyl groups is 1. The molecular formula is C24H38N6O5S. The first-order chi connectivity index (χ1) is 16.5. The number of nitrogens with one attached hydrogen (secondary N) is 2. The minimum Gasteiger partial charge on any atom is -0.391 e. The summed E-state index contributed by atoms with van der Waals surface area (Å²) >= 11 is 0. The van der Waals surface area contributed by atoms with Crippen LogP contribution in [0.5, 0.6) is 0 Å². The molecule has 2 heterocycles. The number of hydrogen-bond acceptors (Lipinski definition) is 7. The zero-order valence-electron chi connectivity index (χ0n) is 21.9. The van der Waals surface area contributed by atoms with Gasteiger partial charge in [0.05, 0.1) is 18.0 Å². The number of hydrogen-bond donors (Lipinski definition) is 3. The van der Waals surface area contributed by atoms with Gasteiger partial charge in [-0.25, -0.2) is 17.8 Å². The van der Waals surface area contributed by atoms with E-state index in [1.54, 1.807) is 31.6 Å². The van der Waals surface area contributed by atoms with Crippen LogP contribution in [0.25, 0.3) is 0 Å². The lowest BCUT2D eigenvalue weighted by molar-refractivity contribution is -0.144. The van der Waals surface area contributed by atoms with E-state index in [0.29, 0.717) is 12.8 Å². The zero-order valence-corrected chi connectivity index (χ0v) is 22.7. The molecule has 1 aliphatic heterocycles. The topological polar surface area (TPSA) is 147 Å². The van der Waals surface area contributed by atoms with Crippen LogP contribution < -0.4 is 10.0 Å². The van der Waals surface area contributed by atoms with E-state index in [1.807, 2.05) is 32.9 Å². The Labute approximate surface area is 212 Å². The van der Waals surface area contributed by atoms with E-state index in [0.717, 1.165) is 5.69 Å². The number of aliphatic hydroxyl groups excluding tert-OH is 1. The largest absolute Gasteiger partial charge is 0.391 e. The summed E-state index contributed by atoms with van der Waals surface area (Å²) in [5.74, 6) is -0.658. The molecule has 1 aromatic rings. The van der Waals surface area contributed by atoms with Gasteiger partial charge in [0.25, 0.3) is 0 Å². The van der Waals surface area contributed by atoms with Crippen LogP contribution in [-0.4, -0.2) is 80.8 Å². The highest BCUT2D eigenvalue weighted by atomic mass is 32.2. The Morgan fingerprint density at radius 3 is 2.36 bits per heavy atom. The molecule has 0 aromatic carbocycles. The van der Waals surface area contributed by atoms with Crippen molar-refractivity contribution in [2.45, 2.75) is 95.2 Å². The van der Waals surface area contributed by atoms with Gasteiger partial charge < -0.3 is 15.3 Å². The van der Waals surface area contributed by atoms with Crippen molar-refractivity contribution >= 4 is 21.8 Å². The van der Waals surface area contributed by atoms with Gasteiger partial charge in [0.2, 0.25) is 21.8 Å². The van der Waals surface area contributed by atoms with E-state index in [9.17, 15) is 23.1 Å². The normalized spacial score (nSPS) is 24.6. The summed E-state index contributed by atoms with van der Waals surface area (Å²) in [4.78, 5) is 28.4. The van der Waals surface area contributed by atoms with Gasteiger partial charge in [-0.3, -0.25) is 9.59 Å². The second-order valence-electron chi connectivity index (χ2n) is 12.5. The van der Waals surface area contributed by atoms with Crippen molar-refractivity contribution in [1.29, 1.82) is 0 Å². The maximum atomic E-state index is 13.8. The molecule has 2 amide bonds. The molecule has 0 bridgehead atoms. The average molecular weight is 523 g/mol. The number of sulfonamides is 1. The van der Waals surface area contributed by atoms with Crippen LogP contribution in [0, 0.1) is 5.41 Å². The van der Waals surface area contributed by atoms with Gasteiger partial charge in [-0.05, 0) is 39.0 Å². The number of carbonyl (C=O) groups is 2. The van der Waals surface area contributed by atoms with Gasteiger partial charge in [-0.1, -0.05) is 38.1 Å².